The van der Waals surface area contributed by atoms with Gasteiger partial charge in [0.05, 0.1) is 6.54 Å². The van der Waals surface area contributed by atoms with Gasteiger partial charge in [-0.05, 0) is 12.8 Å². The maximum Gasteiger partial charge on any atom is 0.320 e. The first-order valence-corrected chi connectivity index (χ1v) is 5.58. The molecule has 14 heavy (non-hydrogen) atoms. The molecule has 0 aromatic carbocycles. The molecule has 1 heterocycles. The lowest BCUT2D eigenvalue weighted by Crippen LogP contribution is -2.31. The predicted octanol–water partition coefficient (Wildman–Crippen LogP) is -0.129. The molecule has 0 aliphatic carbocycles. The molecule has 0 aromatic heterocycles. The summed E-state index contributed by atoms with van der Waals surface area (Å²) < 4.78 is 0. The van der Waals surface area contributed by atoms with E-state index >= 15 is 0 Å². The summed E-state index contributed by atoms with van der Waals surface area (Å²) in [5.74, 6) is 0.106. The molecule has 5 nitrogen and oxygen atoms in total. The van der Waals surface area contributed by atoms with Crippen molar-refractivity contribution in [2.45, 2.75) is 18.9 Å². The van der Waals surface area contributed by atoms with Crippen molar-refractivity contribution >= 4 is 22.9 Å². The summed E-state index contributed by atoms with van der Waals surface area (Å²) in [6, 6.07) is -0.741. The van der Waals surface area contributed by atoms with Crippen molar-refractivity contribution in [3.63, 3.8) is 0 Å². The van der Waals surface area contributed by atoms with E-state index in [9.17, 15) is 4.79 Å². The number of amidine groups is 1. The smallest absolute Gasteiger partial charge is 0.320 e. The molecule has 80 valence electrons. The average molecular weight is 217 g/mol. The molecule has 6 heteroatoms. The van der Waals surface area contributed by atoms with Gasteiger partial charge in [0.15, 0.2) is 5.17 Å². The zero-order valence-corrected chi connectivity index (χ0v) is 8.72. The molecule has 0 saturated carbocycles. The van der Waals surface area contributed by atoms with Crippen molar-refractivity contribution < 1.29 is 9.90 Å². The highest BCUT2D eigenvalue weighted by atomic mass is 32.2. The first-order chi connectivity index (χ1) is 6.70. The van der Waals surface area contributed by atoms with Crippen molar-refractivity contribution in [1.29, 1.82) is 0 Å². The highest BCUT2D eigenvalue weighted by Gasteiger charge is 2.10. The Balaban J connectivity index is 2.01. The number of carbonyl (C=O) groups is 1. The molecule has 1 aliphatic rings. The minimum Gasteiger partial charge on any atom is -0.480 e. The van der Waals surface area contributed by atoms with Gasteiger partial charge >= 0.3 is 5.97 Å². The number of aliphatic imine (C=N–C) groups is 1. The van der Waals surface area contributed by atoms with E-state index in [2.05, 4.69) is 10.3 Å². The highest BCUT2D eigenvalue weighted by Crippen LogP contribution is 2.08. The summed E-state index contributed by atoms with van der Waals surface area (Å²) in [5.41, 5.74) is 5.35. The van der Waals surface area contributed by atoms with E-state index in [0.717, 1.165) is 30.4 Å². The Morgan fingerprint density at radius 2 is 2.57 bits per heavy atom. The zero-order chi connectivity index (χ0) is 10.4. The van der Waals surface area contributed by atoms with Crippen LogP contribution in [0.5, 0.6) is 0 Å². The second kappa shape index (κ2) is 5.87. The monoisotopic (exact) mass is 217 g/mol. The fourth-order valence-corrected chi connectivity index (χ4v) is 1.85. The molecule has 1 atom stereocenters. The number of aliphatic carboxylic acids is 1. The van der Waals surface area contributed by atoms with Crippen molar-refractivity contribution in [2.75, 3.05) is 18.8 Å². The number of hydrogen-bond acceptors (Lipinski definition) is 5. The Morgan fingerprint density at radius 1 is 1.79 bits per heavy atom. The van der Waals surface area contributed by atoms with Crippen LogP contribution in [-0.4, -0.2) is 41.1 Å². The van der Waals surface area contributed by atoms with Crippen LogP contribution in [0.1, 0.15) is 12.8 Å². The lowest BCUT2D eigenvalue weighted by atomic mass is 10.2. The third-order valence-corrected chi connectivity index (χ3v) is 2.80. The van der Waals surface area contributed by atoms with Crippen LogP contribution in [0.15, 0.2) is 4.99 Å². The quantitative estimate of drug-likeness (QED) is 0.558. The second-order valence-corrected chi connectivity index (χ2v) is 4.13. The van der Waals surface area contributed by atoms with Gasteiger partial charge in [0, 0.05) is 12.3 Å². The molecular formula is C8H15N3O2S. The van der Waals surface area contributed by atoms with Crippen molar-refractivity contribution in [2.24, 2.45) is 10.7 Å². The lowest BCUT2D eigenvalue weighted by Gasteiger charge is -2.07. The van der Waals surface area contributed by atoms with Crippen molar-refractivity contribution in [1.82, 2.24) is 5.32 Å². The summed E-state index contributed by atoms with van der Waals surface area (Å²) >= 11 is 1.70. The van der Waals surface area contributed by atoms with Crippen LogP contribution in [0.4, 0.5) is 0 Å². The molecule has 0 amide bonds. The van der Waals surface area contributed by atoms with E-state index in [1.54, 1.807) is 11.8 Å². The molecule has 0 bridgehead atoms. The van der Waals surface area contributed by atoms with Crippen LogP contribution >= 0.6 is 11.8 Å². The minimum absolute atomic E-state index is 0.500. The van der Waals surface area contributed by atoms with Gasteiger partial charge in [0.1, 0.15) is 6.04 Å². The molecule has 4 N–H and O–H groups in total. The standard InChI is InChI=1S/C8H15N3O2S/c9-6(7(12)13)2-1-3-10-8-11-4-5-14-8/h6H,1-5,9H2,(H,10,11)(H,12,13)/t6-/m0/s1. The number of carboxylic acid groups (broad SMARTS) is 1. The summed E-state index contributed by atoms with van der Waals surface area (Å²) in [7, 11) is 0. The number of thioether (sulfide) groups is 1. The highest BCUT2D eigenvalue weighted by molar-refractivity contribution is 8.14. The van der Waals surface area contributed by atoms with E-state index in [4.69, 9.17) is 10.8 Å². The second-order valence-electron chi connectivity index (χ2n) is 3.05. The molecular weight excluding hydrogens is 202 g/mol. The number of carboxylic acids is 1. The first-order valence-electron chi connectivity index (χ1n) is 4.59. The van der Waals surface area contributed by atoms with Crippen LogP contribution in [0.2, 0.25) is 0 Å². The molecule has 0 aromatic rings. The molecule has 1 aliphatic heterocycles. The van der Waals surface area contributed by atoms with Gasteiger partial charge in [-0.2, -0.15) is 0 Å². The van der Waals surface area contributed by atoms with Gasteiger partial charge in [0.25, 0.3) is 0 Å². The van der Waals surface area contributed by atoms with Crippen LogP contribution in [-0.2, 0) is 4.79 Å². The van der Waals surface area contributed by atoms with E-state index in [-0.39, 0.29) is 0 Å². The van der Waals surface area contributed by atoms with Gasteiger partial charge in [-0.1, -0.05) is 11.8 Å². The van der Waals surface area contributed by atoms with Crippen LogP contribution in [0, 0.1) is 0 Å². The third kappa shape index (κ3) is 3.97. The van der Waals surface area contributed by atoms with E-state index in [0.29, 0.717) is 6.42 Å². The van der Waals surface area contributed by atoms with E-state index in [1.165, 1.54) is 0 Å². The lowest BCUT2D eigenvalue weighted by molar-refractivity contribution is -0.138. The molecule has 0 spiro atoms. The maximum atomic E-state index is 10.4. The summed E-state index contributed by atoms with van der Waals surface area (Å²) in [6.45, 7) is 1.62. The number of nitrogens with one attached hydrogen (secondary N) is 1. The Morgan fingerprint density at radius 3 is 3.14 bits per heavy atom. The average Bonchev–Trinajstić information content (AvgIpc) is 2.64. The largest absolute Gasteiger partial charge is 0.480 e. The molecule has 0 unspecified atom stereocenters. The number of nitrogens with two attached hydrogens (primary N) is 1. The Bertz CT molecular complexity index is 233. The third-order valence-electron chi connectivity index (χ3n) is 1.87. The number of hydrogen-bond donors (Lipinski definition) is 3. The minimum atomic E-state index is -0.933. The molecule has 0 fully saturated rings. The maximum absolute atomic E-state index is 10.4. The van der Waals surface area contributed by atoms with Crippen molar-refractivity contribution in [3.05, 3.63) is 0 Å². The first kappa shape index (κ1) is 11.3. The normalized spacial score (nSPS) is 17.6. The fraction of sp³-hybridized carbons (Fsp3) is 0.750. The SMILES string of the molecule is N[C@@H](CCCNC1=NCCS1)C(=O)O. The van der Waals surface area contributed by atoms with Crippen LogP contribution < -0.4 is 11.1 Å². The Hall–Kier alpha value is -0.750. The summed E-state index contributed by atoms with van der Waals surface area (Å²) in [5, 5.41) is 12.6. The number of rotatable bonds is 5. The molecule has 1 rings (SSSR count). The van der Waals surface area contributed by atoms with Crippen LogP contribution in [0.3, 0.4) is 0 Å². The van der Waals surface area contributed by atoms with Gasteiger partial charge in [-0.25, -0.2) is 0 Å². The summed E-state index contributed by atoms with van der Waals surface area (Å²) in [6.07, 6.45) is 1.26. The summed E-state index contributed by atoms with van der Waals surface area (Å²) in [4.78, 5) is 14.6. The van der Waals surface area contributed by atoms with Gasteiger partial charge in [-0.3, -0.25) is 9.79 Å². The fourth-order valence-electron chi connectivity index (χ4n) is 1.08. The van der Waals surface area contributed by atoms with E-state index in [1.807, 2.05) is 0 Å². The van der Waals surface area contributed by atoms with Gasteiger partial charge in [0.2, 0.25) is 0 Å². The number of nitrogens with zero attached hydrogens (tertiary/aromatic N) is 1. The Kier molecular flexibility index (Phi) is 4.75. The Labute approximate surface area is 87.2 Å². The predicted molar refractivity (Wildman–Crippen MR) is 57.6 cm³/mol. The van der Waals surface area contributed by atoms with Gasteiger partial charge < -0.3 is 16.2 Å². The van der Waals surface area contributed by atoms with Crippen LogP contribution in [0.25, 0.3) is 0 Å². The molecule has 0 radical (unpaired) electrons. The van der Waals surface area contributed by atoms with Gasteiger partial charge in [-0.15, -0.1) is 0 Å². The van der Waals surface area contributed by atoms with Crippen molar-refractivity contribution in [3.8, 4) is 0 Å². The molecule has 0 saturated heterocycles. The van der Waals surface area contributed by atoms with E-state index < -0.39 is 12.0 Å². The zero-order valence-electron chi connectivity index (χ0n) is 7.90. The topological polar surface area (TPSA) is 87.7 Å².